The summed E-state index contributed by atoms with van der Waals surface area (Å²) in [6, 6.07) is 0.673. The molecular weight excluding hydrogens is 200 g/mol. The number of nitrogens with one attached hydrogen (secondary N) is 2. The van der Waals surface area contributed by atoms with Crippen LogP contribution < -0.4 is 5.32 Å². The van der Waals surface area contributed by atoms with Gasteiger partial charge in [-0.15, -0.1) is 0 Å². The minimum atomic E-state index is 0.673. The van der Waals surface area contributed by atoms with Crippen LogP contribution in [0.5, 0.6) is 0 Å². The predicted molar refractivity (Wildman–Crippen MR) is 65.3 cm³/mol. The number of aromatic nitrogens is 2. The first-order chi connectivity index (χ1) is 7.78. The van der Waals surface area contributed by atoms with Gasteiger partial charge < -0.3 is 15.2 Å². The van der Waals surface area contributed by atoms with Gasteiger partial charge in [0.15, 0.2) is 0 Å². The van der Waals surface area contributed by atoms with Crippen LogP contribution in [0, 0.1) is 6.92 Å². The molecule has 1 fully saturated rings. The largest absolute Gasteiger partial charge is 0.345 e. The zero-order valence-corrected chi connectivity index (χ0v) is 10.3. The molecule has 0 atom stereocenters. The van der Waals surface area contributed by atoms with Crippen molar-refractivity contribution in [2.75, 3.05) is 19.6 Å². The van der Waals surface area contributed by atoms with Crippen LogP contribution in [0.15, 0.2) is 6.20 Å². The summed E-state index contributed by atoms with van der Waals surface area (Å²) in [6.45, 7) is 8.79. The topological polar surface area (TPSA) is 44.0 Å². The van der Waals surface area contributed by atoms with Crippen LogP contribution >= 0.6 is 0 Å². The zero-order valence-electron chi connectivity index (χ0n) is 10.3. The van der Waals surface area contributed by atoms with Crippen molar-refractivity contribution in [2.24, 2.45) is 0 Å². The number of hydrogen-bond donors (Lipinski definition) is 2. The average molecular weight is 222 g/mol. The predicted octanol–water partition coefficient (Wildman–Crippen LogP) is 1.29. The lowest BCUT2D eigenvalue weighted by molar-refractivity contribution is 0.205. The second-order valence-electron chi connectivity index (χ2n) is 4.58. The van der Waals surface area contributed by atoms with E-state index in [1.54, 1.807) is 0 Å². The number of aromatic amines is 1. The molecule has 1 aliphatic rings. The number of nitrogens with zero attached hydrogens (tertiary/aromatic N) is 2. The fourth-order valence-electron chi connectivity index (χ4n) is 2.27. The molecule has 1 aromatic heterocycles. The van der Waals surface area contributed by atoms with Crippen molar-refractivity contribution < 1.29 is 0 Å². The molecule has 0 bridgehead atoms. The van der Waals surface area contributed by atoms with Gasteiger partial charge in [-0.3, -0.25) is 0 Å². The molecule has 4 nitrogen and oxygen atoms in total. The number of rotatable bonds is 4. The van der Waals surface area contributed by atoms with E-state index in [1.807, 2.05) is 13.1 Å². The quantitative estimate of drug-likeness (QED) is 0.807. The van der Waals surface area contributed by atoms with Gasteiger partial charge in [-0.1, -0.05) is 6.92 Å². The number of aryl methyl sites for hydroxylation is 1. The molecule has 2 heterocycles. The second-order valence-corrected chi connectivity index (χ2v) is 4.58. The highest BCUT2D eigenvalue weighted by molar-refractivity contribution is 4.99. The van der Waals surface area contributed by atoms with E-state index in [1.165, 1.54) is 38.2 Å². The lowest BCUT2D eigenvalue weighted by Gasteiger charge is -2.31. The van der Waals surface area contributed by atoms with Gasteiger partial charge in [0, 0.05) is 24.5 Å². The molecule has 0 aromatic carbocycles. The summed E-state index contributed by atoms with van der Waals surface area (Å²) >= 11 is 0. The summed E-state index contributed by atoms with van der Waals surface area (Å²) in [5, 5.41) is 3.60. The van der Waals surface area contributed by atoms with Crippen molar-refractivity contribution in [1.82, 2.24) is 20.2 Å². The number of likely N-dealkylation sites (tertiary alicyclic amines) is 1. The van der Waals surface area contributed by atoms with E-state index in [0.717, 1.165) is 12.4 Å². The van der Waals surface area contributed by atoms with E-state index in [2.05, 4.69) is 27.1 Å². The molecule has 90 valence electrons. The normalized spacial score (nSPS) is 19.1. The van der Waals surface area contributed by atoms with Crippen LogP contribution in [-0.4, -0.2) is 40.5 Å². The highest BCUT2D eigenvalue weighted by Crippen LogP contribution is 2.10. The zero-order chi connectivity index (χ0) is 11.4. The van der Waals surface area contributed by atoms with Crippen LogP contribution in [0.1, 0.15) is 31.3 Å². The average Bonchev–Trinajstić information content (AvgIpc) is 2.73. The van der Waals surface area contributed by atoms with Gasteiger partial charge in [-0.2, -0.15) is 0 Å². The molecule has 0 radical (unpaired) electrons. The Morgan fingerprint density at radius 2 is 2.25 bits per heavy atom. The van der Waals surface area contributed by atoms with E-state index in [-0.39, 0.29) is 0 Å². The van der Waals surface area contributed by atoms with Gasteiger partial charge in [-0.05, 0) is 39.4 Å². The van der Waals surface area contributed by atoms with Crippen LogP contribution in [0.25, 0.3) is 0 Å². The molecule has 0 unspecified atom stereocenters. The molecule has 2 N–H and O–H groups in total. The molecule has 0 aliphatic carbocycles. The third-order valence-electron chi connectivity index (χ3n) is 3.37. The van der Waals surface area contributed by atoms with Crippen LogP contribution in [0.4, 0.5) is 0 Å². The Morgan fingerprint density at radius 1 is 1.50 bits per heavy atom. The SMILES string of the molecule is CCN1CCC(NCc2cnc(C)[nH]2)CC1. The minimum Gasteiger partial charge on any atom is -0.345 e. The van der Waals surface area contributed by atoms with Crippen molar-refractivity contribution in [3.05, 3.63) is 17.7 Å². The Bertz CT molecular complexity index is 313. The third-order valence-corrected chi connectivity index (χ3v) is 3.37. The smallest absolute Gasteiger partial charge is 0.103 e. The monoisotopic (exact) mass is 222 g/mol. The van der Waals surface area contributed by atoms with E-state index in [9.17, 15) is 0 Å². The fraction of sp³-hybridized carbons (Fsp3) is 0.750. The molecule has 4 heteroatoms. The van der Waals surface area contributed by atoms with Crippen LogP contribution in [-0.2, 0) is 6.54 Å². The van der Waals surface area contributed by atoms with Gasteiger partial charge in [0.2, 0.25) is 0 Å². The summed E-state index contributed by atoms with van der Waals surface area (Å²) in [6.07, 6.45) is 4.45. The van der Waals surface area contributed by atoms with Crippen molar-refractivity contribution in [3.63, 3.8) is 0 Å². The van der Waals surface area contributed by atoms with E-state index in [0.29, 0.717) is 6.04 Å². The second kappa shape index (κ2) is 5.46. The highest BCUT2D eigenvalue weighted by Gasteiger charge is 2.17. The first-order valence-electron chi connectivity index (χ1n) is 6.24. The van der Waals surface area contributed by atoms with Gasteiger partial charge in [0.1, 0.15) is 5.82 Å². The minimum absolute atomic E-state index is 0.673. The maximum Gasteiger partial charge on any atom is 0.103 e. The summed E-state index contributed by atoms with van der Waals surface area (Å²) in [5.74, 6) is 0.998. The molecule has 1 aliphatic heterocycles. The van der Waals surface area contributed by atoms with Crippen molar-refractivity contribution in [3.8, 4) is 0 Å². The van der Waals surface area contributed by atoms with E-state index in [4.69, 9.17) is 0 Å². The first-order valence-corrected chi connectivity index (χ1v) is 6.24. The Kier molecular flexibility index (Phi) is 3.96. The number of imidazole rings is 1. The molecule has 2 rings (SSSR count). The lowest BCUT2D eigenvalue weighted by Crippen LogP contribution is -2.42. The summed E-state index contributed by atoms with van der Waals surface area (Å²) < 4.78 is 0. The molecular formula is C12H22N4. The number of piperidine rings is 1. The number of H-pyrrole nitrogens is 1. The van der Waals surface area contributed by atoms with Crippen molar-refractivity contribution >= 4 is 0 Å². The maximum absolute atomic E-state index is 4.20. The van der Waals surface area contributed by atoms with E-state index >= 15 is 0 Å². The Morgan fingerprint density at radius 3 is 2.81 bits per heavy atom. The van der Waals surface area contributed by atoms with Gasteiger partial charge in [0.25, 0.3) is 0 Å². The molecule has 1 aromatic rings. The van der Waals surface area contributed by atoms with Gasteiger partial charge in [0.05, 0.1) is 0 Å². The first kappa shape index (κ1) is 11.6. The Labute approximate surface area is 97.4 Å². The lowest BCUT2D eigenvalue weighted by atomic mass is 10.1. The summed E-state index contributed by atoms with van der Waals surface area (Å²) in [7, 11) is 0. The highest BCUT2D eigenvalue weighted by atomic mass is 15.1. The van der Waals surface area contributed by atoms with Crippen molar-refractivity contribution in [2.45, 2.75) is 39.3 Å². The van der Waals surface area contributed by atoms with E-state index < -0.39 is 0 Å². The van der Waals surface area contributed by atoms with Gasteiger partial charge >= 0.3 is 0 Å². The summed E-state index contributed by atoms with van der Waals surface area (Å²) in [4.78, 5) is 9.97. The molecule has 1 saturated heterocycles. The van der Waals surface area contributed by atoms with Crippen LogP contribution in [0.2, 0.25) is 0 Å². The number of hydrogen-bond acceptors (Lipinski definition) is 3. The standard InChI is InChI=1S/C12H22N4/c1-3-16-6-4-11(5-7-16)14-9-12-8-13-10(2)15-12/h8,11,14H,3-7,9H2,1-2H3,(H,13,15). The molecule has 0 saturated carbocycles. The molecule has 16 heavy (non-hydrogen) atoms. The maximum atomic E-state index is 4.20. The molecule has 0 spiro atoms. The Balaban J connectivity index is 1.71. The van der Waals surface area contributed by atoms with Crippen LogP contribution in [0.3, 0.4) is 0 Å². The van der Waals surface area contributed by atoms with Crippen molar-refractivity contribution in [1.29, 1.82) is 0 Å². The molecule has 0 amide bonds. The summed E-state index contributed by atoms with van der Waals surface area (Å²) in [5.41, 5.74) is 1.19. The third kappa shape index (κ3) is 3.06. The fourth-order valence-corrected chi connectivity index (χ4v) is 2.27. The van der Waals surface area contributed by atoms with Gasteiger partial charge in [-0.25, -0.2) is 4.98 Å². The Hall–Kier alpha value is -0.870.